The lowest BCUT2D eigenvalue weighted by atomic mass is 10.2. The van der Waals surface area contributed by atoms with Crippen LogP contribution in [-0.2, 0) is 0 Å². The molecule has 0 radical (unpaired) electrons. The van der Waals surface area contributed by atoms with Gasteiger partial charge in [0.05, 0.1) is 0 Å². The summed E-state index contributed by atoms with van der Waals surface area (Å²) in [6.07, 6.45) is 1.52. The fourth-order valence-electron chi connectivity index (χ4n) is 1.72. The van der Waals surface area contributed by atoms with Crippen LogP contribution in [0.1, 0.15) is 10.5 Å². The summed E-state index contributed by atoms with van der Waals surface area (Å²) in [6, 6.07) is 3.09. The van der Waals surface area contributed by atoms with E-state index in [0.717, 1.165) is 13.1 Å². The van der Waals surface area contributed by atoms with E-state index in [2.05, 4.69) is 9.88 Å². The second kappa shape index (κ2) is 4.49. The number of nitrogens with zero attached hydrogens (tertiary/aromatic N) is 3. The molecule has 1 aliphatic rings. The third-order valence-corrected chi connectivity index (χ3v) is 2.78. The Morgan fingerprint density at radius 3 is 2.69 bits per heavy atom. The topological polar surface area (TPSA) is 56.7 Å². The Balaban J connectivity index is 2.11. The Kier molecular flexibility index (Phi) is 3.05. The third kappa shape index (κ3) is 2.14. The summed E-state index contributed by atoms with van der Waals surface area (Å²) in [5.74, 6) is -0.238. The van der Waals surface area contributed by atoms with Gasteiger partial charge in [-0.3, -0.25) is 4.79 Å². The maximum absolute atomic E-state index is 12.0. The van der Waals surface area contributed by atoms with Crippen LogP contribution in [0, 0.1) is 0 Å². The molecule has 1 aliphatic heterocycles. The molecule has 16 heavy (non-hydrogen) atoms. The smallest absolute Gasteiger partial charge is 0.276 e. The van der Waals surface area contributed by atoms with Crippen LogP contribution in [0.2, 0.25) is 0 Å². The highest BCUT2D eigenvalue weighted by atomic mass is 16.3. The number of hydrogen-bond donors (Lipinski definition) is 1. The van der Waals surface area contributed by atoms with Crippen molar-refractivity contribution in [3.8, 4) is 5.75 Å². The van der Waals surface area contributed by atoms with Gasteiger partial charge >= 0.3 is 0 Å². The largest absolute Gasteiger partial charge is 0.505 e. The molecule has 1 amide bonds. The monoisotopic (exact) mass is 221 g/mol. The molecule has 86 valence electrons. The van der Waals surface area contributed by atoms with Crippen molar-refractivity contribution in [3.63, 3.8) is 0 Å². The molecular weight excluding hydrogens is 206 g/mol. The minimum atomic E-state index is -0.189. The molecule has 0 spiro atoms. The molecule has 0 saturated carbocycles. The molecule has 0 bridgehead atoms. The molecule has 1 fully saturated rings. The summed E-state index contributed by atoms with van der Waals surface area (Å²) in [4.78, 5) is 19.8. The van der Waals surface area contributed by atoms with Gasteiger partial charge in [-0.15, -0.1) is 0 Å². The summed E-state index contributed by atoms with van der Waals surface area (Å²) >= 11 is 0. The summed E-state index contributed by atoms with van der Waals surface area (Å²) in [7, 11) is 2.03. The number of pyridine rings is 1. The zero-order chi connectivity index (χ0) is 11.5. The first kappa shape index (κ1) is 10.9. The van der Waals surface area contributed by atoms with Crippen molar-refractivity contribution < 1.29 is 9.90 Å². The van der Waals surface area contributed by atoms with Gasteiger partial charge in [-0.2, -0.15) is 0 Å². The summed E-state index contributed by atoms with van der Waals surface area (Å²) in [5.41, 5.74) is 0.145. The molecule has 0 aliphatic carbocycles. The lowest BCUT2D eigenvalue weighted by Crippen LogP contribution is -2.47. The lowest BCUT2D eigenvalue weighted by molar-refractivity contribution is 0.0655. The van der Waals surface area contributed by atoms with Crippen molar-refractivity contribution >= 4 is 5.91 Å². The molecule has 0 atom stereocenters. The van der Waals surface area contributed by atoms with Gasteiger partial charge in [0.25, 0.3) is 5.91 Å². The highest BCUT2D eigenvalue weighted by molar-refractivity contribution is 5.94. The van der Waals surface area contributed by atoms with Crippen LogP contribution in [-0.4, -0.2) is 59.0 Å². The van der Waals surface area contributed by atoms with E-state index >= 15 is 0 Å². The first-order valence-electron chi connectivity index (χ1n) is 5.30. The van der Waals surface area contributed by atoms with Crippen LogP contribution in [0.25, 0.3) is 0 Å². The fraction of sp³-hybridized carbons (Fsp3) is 0.455. The van der Waals surface area contributed by atoms with E-state index in [1.54, 1.807) is 11.0 Å². The summed E-state index contributed by atoms with van der Waals surface area (Å²) < 4.78 is 0. The van der Waals surface area contributed by atoms with Crippen molar-refractivity contribution in [2.45, 2.75) is 0 Å². The van der Waals surface area contributed by atoms with E-state index in [1.807, 2.05) is 7.05 Å². The fourth-order valence-corrected chi connectivity index (χ4v) is 1.72. The van der Waals surface area contributed by atoms with Gasteiger partial charge in [0, 0.05) is 32.4 Å². The zero-order valence-corrected chi connectivity index (χ0v) is 9.26. The predicted molar refractivity (Wildman–Crippen MR) is 59.3 cm³/mol. The van der Waals surface area contributed by atoms with Crippen molar-refractivity contribution in [1.29, 1.82) is 0 Å². The van der Waals surface area contributed by atoms with Crippen LogP contribution < -0.4 is 0 Å². The minimum Gasteiger partial charge on any atom is -0.505 e. The Hall–Kier alpha value is -1.62. The van der Waals surface area contributed by atoms with E-state index in [1.165, 1.54) is 12.3 Å². The maximum atomic E-state index is 12.0. The van der Waals surface area contributed by atoms with Crippen LogP contribution in [0.15, 0.2) is 18.3 Å². The second-order valence-electron chi connectivity index (χ2n) is 3.97. The molecule has 1 N–H and O–H groups in total. The molecule has 0 aromatic carbocycles. The molecule has 1 saturated heterocycles. The van der Waals surface area contributed by atoms with Crippen LogP contribution >= 0.6 is 0 Å². The third-order valence-electron chi connectivity index (χ3n) is 2.78. The van der Waals surface area contributed by atoms with Gasteiger partial charge in [-0.1, -0.05) is 0 Å². The summed E-state index contributed by atoms with van der Waals surface area (Å²) in [5, 5.41) is 9.54. The van der Waals surface area contributed by atoms with E-state index < -0.39 is 0 Å². The Morgan fingerprint density at radius 2 is 2.06 bits per heavy atom. The number of hydrogen-bond acceptors (Lipinski definition) is 4. The number of piperazine rings is 1. The van der Waals surface area contributed by atoms with Crippen LogP contribution in [0.3, 0.4) is 0 Å². The Labute approximate surface area is 94.3 Å². The number of amides is 1. The van der Waals surface area contributed by atoms with Gasteiger partial charge in [-0.25, -0.2) is 4.98 Å². The molecule has 1 aromatic heterocycles. The van der Waals surface area contributed by atoms with Gasteiger partial charge in [0.15, 0.2) is 5.69 Å². The van der Waals surface area contributed by atoms with E-state index in [4.69, 9.17) is 0 Å². The van der Waals surface area contributed by atoms with Crippen LogP contribution in [0.4, 0.5) is 0 Å². The molecule has 0 unspecified atom stereocenters. The second-order valence-corrected chi connectivity index (χ2v) is 3.97. The van der Waals surface area contributed by atoms with Gasteiger partial charge in [-0.05, 0) is 19.2 Å². The van der Waals surface area contributed by atoms with Crippen molar-refractivity contribution in [3.05, 3.63) is 24.0 Å². The molecule has 1 aromatic rings. The van der Waals surface area contributed by atoms with Crippen molar-refractivity contribution in [2.75, 3.05) is 33.2 Å². The first-order chi connectivity index (χ1) is 7.68. The molecule has 2 rings (SSSR count). The number of carbonyl (C=O) groups excluding carboxylic acids is 1. The average Bonchev–Trinajstić information content (AvgIpc) is 2.30. The number of rotatable bonds is 1. The average molecular weight is 221 g/mol. The SMILES string of the molecule is CN1CCN(C(=O)c2ncccc2O)CC1. The quantitative estimate of drug-likeness (QED) is 0.734. The number of aromatic hydroxyl groups is 1. The summed E-state index contributed by atoms with van der Waals surface area (Å²) in [6.45, 7) is 3.09. The molecule has 2 heterocycles. The van der Waals surface area contributed by atoms with Gasteiger partial charge < -0.3 is 14.9 Å². The highest BCUT2D eigenvalue weighted by Gasteiger charge is 2.23. The minimum absolute atomic E-state index is 0.0496. The maximum Gasteiger partial charge on any atom is 0.276 e. The highest BCUT2D eigenvalue weighted by Crippen LogP contribution is 2.15. The van der Waals surface area contributed by atoms with Crippen LogP contribution in [0.5, 0.6) is 5.75 Å². The Bertz CT molecular complexity index is 387. The van der Waals surface area contributed by atoms with Gasteiger partial charge in [0.2, 0.25) is 0 Å². The normalized spacial score (nSPS) is 17.4. The first-order valence-corrected chi connectivity index (χ1v) is 5.30. The zero-order valence-electron chi connectivity index (χ0n) is 9.26. The number of carbonyl (C=O) groups is 1. The van der Waals surface area contributed by atoms with Crippen molar-refractivity contribution in [1.82, 2.24) is 14.8 Å². The lowest BCUT2D eigenvalue weighted by Gasteiger charge is -2.32. The molecule has 5 heteroatoms. The van der Waals surface area contributed by atoms with E-state index in [-0.39, 0.29) is 17.4 Å². The van der Waals surface area contributed by atoms with E-state index in [0.29, 0.717) is 13.1 Å². The standard InChI is InChI=1S/C11H15N3O2/c1-13-5-7-14(8-6-13)11(16)10-9(15)3-2-4-12-10/h2-4,15H,5-8H2,1H3. The number of aromatic nitrogens is 1. The molecular formula is C11H15N3O2. The number of likely N-dealkylation sites (N-methyl/N-ethyl adjacent to an activating group) is 1. The molecule has 5 nitrogen and oxygen atoms in total. The predicted octanol–water partition coefficient (Wildman–Crippen LogP) is 0.175. The Morgan fingerprint density at radius 1 is 1.38 bits per heavy atom. The van der Waals surface area contributed by atoms with Crippen molar-refractivity contribution in [2.24, 2.45) is 0 Å². The van der Waals surface area contributed by atoms with Gasteiger partial charge in [0.1, 0.15) is 5.75 Å². The van der Waals surface area contributed by atoms with E-state index in [9.17, 15) is 9.90 Å².